The predicted octanol–water partition coefficient (Wildman–Crippen LogP) is 3.55. The highest BCUT2D eigenvalue weighted by molar-refractivity contribution is 5.96. The van der Waals surface area contributed by atoms with Crippen LogP contribution in [-0.4, -0.2) is 22.9 Å². The number of benzene rings is 2. The summed E-state index contributed by atoms with van der Waals surface area (Å²) in [6.45, 7) is 3.95. The smallest absolute Gasteiger partial charge is 0.335 e. The molecule has 0 aromatic heterocycles. The lowest BCUT2D eigenvalue weighted by atomic mass is 10.0. The number of amides is 2. The molecule has 0 fully saturated rings. The maximum atomic E-state index is 12.2. The van der Waals surface area contributed by atoms with Crippen LogP contribution in [0.5, 0.6) is 0 Å². The Kier molecular flexibility index (Phi) is 6.49. The van der Waals surface area contributed by atoms with E-state index in [2.05, 4.69) is 10.6 Å². The van der Waals surface area contributed by atoms with Crippen LogP contribution in [0, 0.1) is 5.92 Å². The van der Waals surface area contributed by atoms with Gasteiger partial charge >= 0.3 is 5.97 Å². The van der Waals surface area contributed by atoms with Gasteiger partial charge in [-0.15, -0.1) is 0 Å². The van der Waals surface area contributed by atoms with Gasteiger partial charge in [0.25, 0.3) is 0 Å². The molecule has 0 heterocycles. The summed E-state index contributed by atoms with van der Waals surface area (Å²) in [7, 11) is 0. The van der Waals surface area contributed by atoms with Gasteiger partial charge in [-0.25, -0.2) is 4.79 Å². The lowest BCUT2D eigenvalue weighted by Gasteiger charge is -2.10. The van der Waals surface area contributed by atoms with E-state index in [-0.39, 0.29) is 29.7 Å². The van der Waals surface area contributed by atoms with Crippen molar-refractivity contribution in [2.75, 3.05) is 10.6 Å². The SMILES string of the molecule is CC(C)CC(=O)Nc1ccc(NC(=O)Cc2ccccc2C(=O)O)cc1. The second-order valence-corrected chi connectivity index (χ2v) is 6.41. The van der Waals surface area contributed by atoms with E-state index < -0.39 is 5.97 Å². The van der Waals surface area contributed by atoms with E-state index in [1.54, 1.807) is 42.5 Å². The quantitative estimate of drug-likeness (QED) is 0.708. The van der Waals surface area contributed by atoms with Crippen molar-refractivity contribution in [3.63, 3.8) is 0 Å². The monoisotopic (exact) mass is 354 g/mol. The summed E-state index contributed by atoms with van der Waals surface area (Å²) in [6.07, 6.45) is 0.414. The van der Waals surface area contributed by atoms with Crippen LogP contribution in [0.3, 0.4) is 0 Å². The molecule has 136 valence electrons. The molecule has 6 heteroatoms. The lowest BCUT2D eigenvalue weighted by molar-refractivity contribution is -0.117. The number of nitrogens with one attached hydrogen (secondary N) is 2. The molecule has 2 amide bonds. The van der Waals surface area contributed by atoms with Crippen molar-refractivity contribution in [3.05, 3.63) is 59.7 Å². The van der Waals surface area contributed by atoms with E-state index in [9.17, 15) is 14.4 Å². The van der Waals surface area contributed by atoms with Gasteiger partial charge < -0.3 is 15.7 Å². The average Bonchev–Trinajstić information content (AvgIpc) is 2.56. The molecule has 0 spiro atoms. The number of carboxylic acids is 1. The molecule has 0 radical (unpaired) electrons. The molecule has 26 heavy (non-hydrogen) atoms. The van der Waals surface area contributed by atoms with Crippen molar-refractivity contribution in [1.29, 1.82) is 0 Å². The molecule has 3 N–H and O–H groups in total. The molecule has 2 aromatic rings. The maximum absolute atomic E-state index is 12.2. The minimum Gasteiger partial charge on any atom is -0.478 e. The first-order chi connectivity index (χ1) is 12.3. The molecule has 0 unspecified atom stereocenters. The molecule has 0 aliphatic carbocycles. The molecule has 0 aliphatic heterocycles. The van der Waals surface area contributed by atoms with Gasteiger partial charge in [0.15, 0.2) is 0 Å². The Morgan fingerprint density at radius 1 is 0.885 bits per heavy atom. The molecular formula is C20H22N2O4. The Morgan fingerprint density at radius 3 is 1.96 bits per heavy atom. The van der Waals surface area contributed by atoms with Crippen LogP contribution in [0.25, 0.3) is 0 Å². The number of carboxylic acid groups (broad SMARTS) is 1. The van der Waals surface area contributed by atoms with Crippen LogP contribution in [0.2, 0.25) is 0 Å². The fourth-order valence-corrected chi connectivity index (χ4v) is 2.48. The van der Waals surface area contributed by atoms with Crippen molar-refractivity contribution >= 4 is 29.2 Å². The zero-order valence-electron chi connectivity index (χ0n) is 14.8. The lowest BCUT2D eigenvalue weighted by Crippen LogP contribution is -2.17. The van der Waals surface area contributed by atoms with Crippen LogP contribution in [0.4, 0.5) is 11.4 Å². The molecule has 6 nitrogen and oxygen atoms in total. The first kappa shape index (κ1) is 19.2. The summed E-state index contributed by atoms with van der Waals surface area (Å²) in [6, 6.07) is 13.2. The minimum absolute atomic E-state index is 0.0324. The number of hydrogen-bond acceptors (Lipinski definition) is 3. The molecule has 2 aromatic carbocycles. The third kappa shape index (κ3) is 5.73. The van der Waals surface area contributed by atoms with Crippen LogP contribution in [0.15, 0.2) is 48.5 Å². The number of aromatic carboxylic acids is 1. The van der Waals surface area contributed by atoms with Crippen molar-refractivity contribution in [1.82, 2.24) is 0 Å². The van der Waals surface area contributed by atoms with Gasteiger partial charge in [-0.2, -0.15) is 0 Å². The second-order valence-electron chi connectivity index (χ2n) is 6.41. The summed E-state index contributed by atoms with van der Waals surface area (Å²) < 4.78 is 0. The minimum atomic E-state index is -1.06. The van der Waals surface area contributed by atoms with Crippen molar-refractivity contribution in [2.45, 2.75) is 26.7 Å². The highest BCUT2D eigenvalue weighted by Gasteiger charge is 2.12. The third-order valence-corrected chi connectivity index (χ3v) is 3.64. The molecule has 0 bridgehead atoms. The Balaban J connectivity index is 1.96. The number of carbonyl (C=O) groups excluding carboxylic acids is 2. The van der Waals surface area contributed by atoms with E-state index >= 15 is 0 Å². The maximum Gasteiger partial charge on any atom is 0.335 e. The van der Waals surface area contributed by atoms with Crippen LogP contribution >= 0.6 is 0 Å². The van der Waals surface area contributed by atoms with E-state index in [4.69, 9.17) is 5.11 Å². The molecule has 0 atom stereocenters. The Labute approximate surface area is 152 Å². The Bertz CT molecular complexity index is 798. The normalized spacial score (nSPS) is 10.4. The number of rotatable bonds is 7. The standard InChI is InChI=1S/C20H22N2O4/c1-13(2)11-18(23)21-15-7-9-16(10-8-15)22-19(24)12-14-5-3-4-6-17(14)20(25)26/h3-10,13H,11-12H2,1-2H3,(H,21,23)(H,22,24)(H,25,26). The number of carbonyl (C=O) groups is 3. The van der Waals surface area contributed by atoms with Gasteiger partial charge in [-0.3, -0.25) is 9.59 Å². The fraction of sp³-hybridized carbons (Fsp3) is 0.250. The number of hydrogen-bond donors (Lipinski definition) is 3. The van der Waals surface area contributed by atoms with Gasteiger partial charge in [0.1, 0.15) is 0 Å². The van der Waals surface area contributed by atoms with E-state index in [1.807, 2.05) is 13.8 Å². The van der Waals surface area contributed by atoms with Gasteiger partial charge in [-0.1, -0.05) is 32.0 Å². The molecule has 2 rings (SSSR count). The summed E-state index contributed by atoms with van der Waals surface area (Å²) in [5.74, 6) is -1.14. The Hall–Kier alpha value is -3.15. The zero-order valence-corrected chi connectivity index (χ0v) is 14.8. The fourth-order valence-electron chi connectivity index (χ4n) is 2.48. The van der Waals surface area contributed by atoms with Gasteiger partial charge in [0.2, 0.25) is 11.8 Å². The van der Waals surface area contributed by atoms with E-state index in [0.29, 0.717) is 23.4 Å². The van der Waals surface area contributed by atoms with Gasteiger partial charge in [0.05, 0.1) is 12.0 Å². The van der Waals surface area contributed by atoms with Crippen molar-refractivity contribution in [3.8, 4) is 0 Å². The summed E-state index contributed by atoms with van der Waals surface area (Å²) >= 11 is 0. The van der Waals surface area contributed by atoms with Crippen LogP contribution < -0.4 is 10.6 Å². The van der Waals surface area contributed by atoms with Crippen LogP contribution in [-0.2, 0) is 16.0 Å². The first-order valence-electron chi connectivity index (χ1n) is 8.36. The van der Waals surface area contributed by atoms with Gasteiger partial charge in [0, 0.05) is 17.8 Å². The molecule has 0 saturated carbocycles. The van der Waals surface area contributed by atoms with Gasteiger partial charge in [-0.05, 0) is 41.8 Å². The third-order valence-electron chi connectivity index (χ3n) is 3.64. The largest absolute Gasteiger partial charge is 0.478 e. The summed E-state index contributed by atoms with van der Waals surface area (Å²) in [5, 5.41) is 14.7. The molecular weight excluding hydrogens is 332 g/mol. The van der Waals surface area contributed by atoms with Crippen molar-refractivity contribution < 1.29 is 19.5 Å². The van der Waals surface area contributed by atoms with E-state index in [0.717, 1.165) is 0 Å². The highest BCUT2D eigenvalue weighted by atomic mass is 16.4. The molecule has 0 aliphatic rings. The topological polar surface area (TPSA) is 95.5 Å². The first-order valence-corrected chi connectivity index (χ1v) is 8.36. The second kappa shape index (κ2) is 8.80. The van der Waals surface area contributed by atoms with Crippen molar-refractivity contribution in [2.24, 2.45) is 5.92 Å². The summed E-state index contributed by atoms with van der Waals surface area (Å²) in [4.78, 5) is 35.1. The average molecular weight is 354 g/mol. The Morgan fingerprint density at radius 2 is 1.42 bits per heavy atom. The zero-order chi connectivity index (χ0) is 19.1. The predicted molar refractivity (Wildman–Crippen MR) is 100 cm³/mol. The summed E-state index contributed by atoms with van der Waals surface area (Å²) in [5.41, 5.74) is 1.80. The molecule has 0 saturated heterocycles. The van der Waals surface area contributed by atoms with E-state index in [1.165, 1.54) is 6.07 Å². The number of anilines is 2. The highest BCUT2D eigenvalue weighted by Crippen LogP contribution is 2.16. The van der Waals surface area contributed by atoms with Crippen LogP contribution in [0.1, 0.15) is 36.2 Å².